The minimum absolute atomic E-state index is 0.00759. The molecule has 0 aromatic carbocycles. The van der Waals surface area contributed by atoms with Crippen LogP contribution >= 0.6 is 0 Å². The molecule has 0 spiro atoms. The number of hydrogen-bond donors (Lipinski definition) is 0. The number of carbonyl (C=O) groups excluding carboxylic acids is 1. The van der Waals surface area contributed by atoms with Crippen LogP contribution in [0.4, 0.5) is 4.79 Å². The Hall–Kier alpha value is -1.75. The van der Waals surface area contributed by atoms with Gasteiger partial charge in [-0.1, -0.05) is 13.8 Å². The van der Waals surface area contributed by atoms with Crippen LogP contribution in [0.3, 0.4) is 0 Å². The van der Waals surface area contributed by atoms with Gasteiger partial charge in [-0.25, -0.2) is 19.3 Å². The Morgan fingerprint density at radius 3 is 2.78 bits per heavy atom. The normalized spacial score (nSPS) is 22.8. The van der Waals surface area contributed by atoms with E-state index in [1.54, 1.807) is 25.1 Å². The largest absolute Gasteiger partial charge is 0.439 e. The zero-order valence-corrected chi connectivity index (χ0v) is 11.1. The first-order valence-electron chi connectivity index (χ1n) is 6.32. The molecule has 0 aliphatic carbocycles. The van der Waals surface area contributed by atoms with Gasteiger partial charge in [-0.3, -0.25) is 0 Å². The Labute approximate surface area is 107 Å². The number of nitrogens with zero attached hydrogens (tertiary/aromatic N) is 4. The van der Waals surface area contributed by atoms with Crippen molar-refractivity contribution in [1.29, 1.82) is 0 Å². The minimum atomic E-state index is -0.00759. The van der Waals surface area contributed by atoms with Gasteiger partial charge in [0, 0.05) is 18.8 Å². The van der Waals surface area contributed by atoms with E-state index in [0.717, 1.165) is 30.8 Å². The maximum absolute atomic E-state index is 12.7. The fourth-order valence-electron chi connectivity index (χ4n) is 2.54. The molecule has 1 aliphatic rings. The fraction of sp³-hybridized carbons (Fsp3) is 0.462. The summed E-state index contributed by atoms with van der Waals surface area (Å²) >= 11 is 0. The lowest BCUT2D eigenvalue weighted by atomic mass is 10.2. The maximum Gasteiger partial charge on any atom is 0.439 e. The van der Waals surface area contributed by atoms with Crippen LogP contribution in [0.25, 0.3) is 0 Å². The SMILES string of the molecule is CCC[N+]1(C(=O)n2ccnc2)C=NC(C)=C1CC. The third-order valence-corrected chi connectivity index (χ3v) is 3.33. The van der Waals surface area contributed by atoms with Crippen molar-refractivity contribution < 1.29 is 9.28 Å². The average Bonchev–Trinajstić information content (AvgIpc) is 2.98. The molecular formula is C13H19N4O+. The second-order valence-corrected chi connectivity index (χ2v) is 4.48. The first-order chi connectivity index (χ1) is 8.65. The first kappa shape index (κ1) is 12.7. The van der Waals surface area contributed by atoms with Gasteiger partial charge < -0.3 is 0 Å². The molecule has 1 amide bonds. The number of imidazole rings is 1. The topological polar surface area (TPSA) is 47.2 Å². The van der Waals surface area contributed by atoms with E-state index in [9.17, 15) is 4.79 Å². The van der Waals surface area contributed by atoms with Gasteiger partial charge in [0.05, 0.1) is 6.54 Å². The van der Waals surface area contributed by atoms with Crippen molar-refractivity contribution >= 4 is 12.4 Å². The third-order valence-electron chi connectivity index (χ3n) is 3.33. The van der Waals surface area contributed by atoms with E-state index in [0.29, 0.717) is 0 Å². The van der Waals surface area contributed by atoms with E-state index in [1.165, 1.54) is 4.57 Å². The standard InChI is InChI=1S/C13H19N4O/c1-4-8-17(10-15-11(3)12(17)5-2)13(18)16-7-6-14-9-16/h6-7,9-10H,4-5,8H2,1-3H3/q+1. The van der Waals surface area contributed by atoms with E-state index in [1.807, 2.05) is 6.92 Å². The van der Waals surface area contributed by atoms with Crippen LogP contribution < -0.4 is 0 Å². The van der Waals surface area contributed by atoms with E-state index < -0.39 is 0 Å². The van der Waals surface area contributed by atoms with E-state index >= 15 is 0 Å². The van der Waals surface area contributed by atoms with Gasteiger partial charge in [0.1, 0.15) is 17.7 Å². The molecule has 0 radical (unpaired) electrons. The lowest BCUT2D eigenvalue weighted by Crippen LogP contribution is -2.51. The summed E-state index contributed by atoms with van der Waals surface area (Å²) in [4.78, 5) is 21.0. The molecule has 5 heteroatoms. The quantitative estimate of drug-likeness (QED) is 0.771. The van der Waals surface area contributed by atoms with Crippen molar-refractivity contribution in [2.75, 3.05) is 6.54 Å². The lowest BCUT2D eigenvalue weighted by Gasteiger charge is -2.28. The van der Waals surface area contributed by atoms with Crippen molar-refractivity contribution in [2.24, 2.45) is 4.99 Å². The van der Waals surface area contributed by atoms with Gasteiger partial charge >= 0.3 is 6.03 Å². The minimum Gasteiger partial charge on any atom is -0.245 e. The molecule has 0 saturated heterocycles. The molecular weight excluding hydrogens is 228 g/mol. The lowest BCUT2D eigenvalue weighted by molar-refractivity contribution is -0.708. The molecule has 96 valence electrons. The van der Waals surface area contributed by atoms with Gasteiger partial charge in [-0.05, 0) is 13.3 Å². The predicted molar refractivity (Wildman–Crippen MR) is 69.9 cm³/mol. The molecule has 0 saturated carbocycles. The Morgan fingerprint density at radius 2 is 2.22 bits per heavy atom. The highest BCUT2D eigenvalue weighted by Crippen LogP contribution is 2.30. The highest BCUT2D eigenvalue weighted by atomic mass is 16.2. The van der Waals surface area contributed by atoms with Crippen LogP contribution in [0.1, 0.15) is 33.6 Å². The average molecular weight is 247 g/mol. The van der Waals surface area contributed by atoms with Crippen LogP contribution in [-0.2, 0) is 0 Å². The second kappa shape index (κ2) is 4.86. The zero-order valence-electron chi connectivity index (χ0n) is 11.1. The van der Waals surface area contributed by atoms with E-state index in [2.05, 4.69) is 23.8 Å². The summed E-state index contributed by atoms with van der Waals surface area (Å²) in [7, 11) is 0. The molecule has 2 rings (SSSR count). The number of carbonyl (C=O) groups is 1. The molecule has 2 heterocycles. The monoisotopic (exact) mass is 247 g/mol. The summed E-state index contributed by atoms with van der Waals surface area (Å²) in [6, 6.07) is -0.00759. The number of aromatic nitrogens is 2. The van der Waals surface area contributed by atoms with Crippen LogP contribution in [0, 0.1) is 0 Å². The number of rotatable bonds is 3. The third kappa shape index (κ3) is 1.80. The van der Waals surface area contributed by atoms with Crippen molar-refractivity contribution in [3.05, 3.63) is 30.1 Å². The summed E-state index contributed by atoms with van der Waals surface area (Å²) in [5, 5.41) is 0. The second-order valence-electron chi connectivity index (χ2n) is 4.48. The Bertz CT molecular complexity index is 501. The molecule has 1 aromatic heterocycles. The smallest absolute Gasteiger partial charge is 0.245 e. The summed E-state index contributed by atoms with van der Waals surface area (Å²) in [6.07, 6.45) is 8.37. The van der Waals surface area contributed by atoms with Crippen LogP contribution in [0.15, 0.2) is 35.1 Å². The Balaban J connectivity index is 2.46. The molecule has 0 N–H and O–H groups in total. The van der Waals surface area contributed by atoms with Gasteiger partial charge in [-0.2, -0.15) is 4.48 Å². The molecule has 1 atom stereocenters. The van der Waals surface area contributed by atoms with Crippen LogP contribution in [0.2, 0.25) is 0 Å². The molecule has 18 heavy (non-hydrogen) atoms. The molecule has 1 aliphatic heterocycles. The fourth-order valence-corrected chi connectivity index (χ4v) is 2.54. The molecule has 5 nitrogen and oxygen atoms in total. The maximum atomic E-state index is 12.7. The zero-order chi connectivity index (χ0) is 13.2. The summed E-state index contributed by atoms with van der Waals surface area (Å²) < 4.78 is 1.74. The summed E-state index contributed by atoms with van der Waals surface area (Å²) in [5.41, 5.74) is 2.04. The highest BCUT2D eigenvalue weighted by molar-refractivity contribution is 5.80. The van der Waals surface area contributed by atoms with Crippen LogP contribution in [0.5, 0.6) is 0 Å². The van der Waals surface area contributed by atoms with Crippen molar-refractivity contribution in [1.82, 2.24) is 9.55 Å². The number of allylic oxidation sites excluding steroid dienone is 2. The highest BCUT2D eigenvalue weighted by Gasteiger charge is 2.44. The molecule has 1 aromatic rings. The number of aliphatic imine (C=N–C) groups is 1. The Kier molecular flexibility index (Phi) is 3.43. The molecule has 0 bridgehead atoms. The summed E-state index contributed by atoms with van der Waals surface area (Å²) in [5.74, 6) is 0. The van der Waals surface area contributed by atoms with Crippen molar-refractivity contribution in [3.8, 4) is 0 Å². The molecule has 1 unspecified atom stereocenters. The van der Waals surface area contributed by atoms with Crippen molar-refractivity contribution in [2.45, 2.75) is 33.6 Å². The van der Waals surface area contributed by atoms with Gasteiger partial charge in [0.25, 0.3) is 0 Å². The number of hydrogen-bond acceptors (Lipinski definition) is 3. The van der Waals surface area contributed by atoms with Gasteiger partial charge in [0.15, 0.2) is 0 Å². The van der Waals surface area contributed by atoms with Gasteiger partial charge in [-0.15, -0.1) is 0 Å². The van der Waals surface area contributed by atoms with E-state index in [4.69, 9.17) is 0 Å². The number of amides is 1. The summed E-state index contributed by atoms with van der Waals surface area (Å²) in [6.45, 7) is 6.85. The van der Waals surface area contributed by atoms with Crippen molar-refractivity contribution in [3.63, 3.8) is 0 Å². The van der Waals surface area contributed by atoms with Crippen LogP contribution in [-0.4, -0.2) is 32.9 Å². The predicted octanol–water partition coefficient (Wildman–Crippen LogP) is 2.76. The Morgan fingerprint density at radius 1 is 1.44 bits per heavy atom. The van der Waals surface area contributed by atoms with Gasteiger partial charge in [0.2, 0.25) is 6.34 Å². The molecule has 0 fully saturated rings. The first-order valence-corrected chi connectivity index (χ1v) is 6.32. The number of quaternary nitrogens is 1. The van der Waals surface area contributed by atoms with E-state index in [-0.39, 0.29) is 10.5 Å².